The Hall–Kier alpha value is -0.570. The molecule has 0 aliphatic rings. The van der Waals surface area contributed by atoms with Gasteiger partial charge >= 0.3 is 0 Å². The summed E-state index contributed by atoms with van der Waals surface area (Å²) >= 11 is 0. The van der Waals surface area contributed by atoms with E-state index < -0.39 is 0 Å². The van der Waals surface area contributed by atoms with Gasteiger partial charge in [-0.3, -0.25) is 4.79 Å². The van der Waals surface area contributed by atoms with Crippen LogP contribution in [0.4, 0.5) is 0 Å². The maximum atomic E-state index is 11.5. The number of amides is 1. The zero-order chi connectivity index (χ0) is 11.8. The van der Waals surface area contributed by atoms with E-state index in [1.54, 1.807) is 4.90 Å². The van der Waals surface area contributed by atoms with Gasteiger partial charge in [0.25, 0.3) is 0 Å². The van der Waals surface area contributed by atoms with Crippen molar-refractivity contribution in [1.29, 1.82) is 0 Å². The minimum atomic E-state index is 0.176. The summed E-state index contributed by atoms with van der Waals surface area (Å²) in [4.78, 5) is 13.3. The van der Waals surface area contributed by atoms with Gasteiger partial charge in [0.2, 0.25) is 5.91 Å². The van der Waals surface area contributed by atoms with E-state index >= 15 is 0 Å². The third-order valence-electron chi connectivity index (χ3n) is 3.23. The third-order valence-corrected chi connectivity index (χ3v) is 3.23. The van der Waals surface area contributed by atoms with Gasteiger partial charge < -0.3 is 10.2 Å². The van der Waals surface area contributed by atoms with Crippen LogP contribution in [0.15, 0.2) is 0 Å². The molecular weight excluding hydrogens is 188 g/mol. The molecule has 3 heteroatoms. The summed E-state index contributed by atoms with van der Waals surface area (Å²) in [6, 6.07) is 0.425. The summed E-state index contributed by atoms with van der Waals surface area (Å²) in [5.74, 6) is 0.847. The first kappa shape index (κ1) is 14.4. The van der Waals surface area contributed by atoms with Gasteiger partial charge in [-0.05, 0) is 19.8 Å². The van der Waals surface area contributed by atoms with Crippen LogP contribution < -0.4 is 5.32 Å². The van der Waals surface area contributed by atoms with E-state index in [2.05, 4.69) is 26.1 Å². The van der Waals surface area contributed by atoms with E-state index in [0.717, 1.165) is 6.54 Å². The molecule has 0 spiro atoms. The Bertz CT molecular complexity index is 178. The second-order valence-electron chi connectivity index (χ2n) is 4.15. The van der Waals surface area contributed by atoms with Gasteiger partial charge in [0.05, 0.1) is 6.54 Å². The maximum absolute atomic E-state index is 11.5. The summed E-state index contributed by atoms with van der Waals surface area (Å²) in [6.07, 6.45) is 2.34. The smallest absolute Gasteiger partial charge is 0.236 e. The van der Waals surface area contributed by atoms with E-state index in [-0.39, 0.29) is 5.91 Å². The van der Waals surface area contributed by atoms with Crippen LogP contribution in [0.1, 0.15) is 40.5 Å². The summed E-state index contributed by atoms with van der Waals surface area (Å²) in [6.45, 7) is 9.79. The van der Waals surface area contributed by atoms with Gasteiger partial charge in [0.15, 0.2) is 0 Å². The van der Waals surface area contributed by atoms with Crippen molar-refractivity contribution in [1.82, 2.24) is 10.2 Å². The van der Waals surface area contributed by atoms with E-state index in [1.165, 1.54) is 12.8 Å². The van der Waals surface area contributed by atoms with E-state index in [9.17, 15) is 4.79 Å². The molecule has 15 heavy (non-hydrogen) atoms. The summed E-state index contributed by atoms with van der Waals surface area (Å²) < 4.78 is 0. The number of hydrogen-bond donors (Lipinski definition) is 1. The van der Waals surface area contributed by atoms with E-state index in [0.29, 0.717) is 18.5 Å². The molecule has 0 heterocycles. The molecule has 0 bridgehead atoms. The van der Waals surface area contributed by atoms with Crippen molar-refractivity contribution < 1.29 is 4.79 Å². The van der Waals surface area contributed by atoms with Crippen molar-refractivity contribution in [3.05, 3.63) is 0 Å². The average Bonchev–Trinajstić information content (AvgIpc) is 2.26. The predicted molar refractivity (Wildman–Crippen MR) is 64.8 cm³/mol. The molecule has 0 aliphatic heterocycles. The highest BCUT2D eigenvalue weighted by Gasteiger charge is 2.14. The van der Waals surface area contributed by atoms with Crippen LogP contribution in [0.3, 0.4) is 0 Å². The van der Waals surface area contributed by atoms with Gasteiger partial charge in [-0.15, -0.1) is 0 Å². The molecule has 0 rings (SSSR count). The van der Waals surface area contributed by atoms with Crippen LogP contribution in [-0.4, -0.2) is 37.0 Å². The molecule has 0 aromatic heterocycles. The first-order chi connectivity index (χ1) is 7.06. The lowest BCUT2D eigenvalue weighted by atomic mass is 9.95. The summed E-state index contributed by atoms with van der Waals surface area (Å²) in [7, 11) is 1.84. The summed E-state index contributed by atoms with van der Waals surface area (Å²) in [5.41, 5.74) is 0. The lowest BCUT2D eigenvalue weighted by Gasteiger charge is -2.23. The molecule has 0 saturated carbocycles. The second kappa shape index (κ2) is 7.69. The fourth-order valence-corrected chi connectivity index (χ4v) is 1.72. The van der Waals surface area contributed by atoms with Gasteiger partial charge in [0, 0.05) is 19.6 Å². The zero-order valence-corrected chi connectivity index (χ0v) is 10.8. The average molecular weight is 214 g/mol. The van der Waals surface area contributed by atoms with E-state index in [4.69, 9.17) is 0 Å². The monoisotopic (exact) mass is 214 g/mol. The molecular formula is C12H26N2O. The highest BCUT2D eigenvalue weighted by Crippen LogP contribution is 2.12. The predicted octanol–water partition coefficient (Wildman–Crippen LogP) is 1.88. The first-order valence-electron chi connectivity index (χ1n) is 6.04. The van der Waals surface area contributed by atoms with Crippen molar-refractivity contribution in [3.63, 3.8) is 0 Å². The molecule has 90 valence electrons. The van der Waals surface area contributed by atoms with Gasteiger partial charge in [-0.1, -0.05) is 26.7 Å². The minimum Gasteiger partial charge on any atom is -0.345 e. The summed E-state index contributed by atoms with van der Waals surface area (Å²) in [5, 5.41) is 3.31. The fourth-order valence-electron chi connectivity index (χ4n) is 1.72. The number of nitrogens with one attached hydrogen (secondary N) is 1. The highest BCUT2D eigenvalue weighted by atomic mass is 16.2. The minimum absolute atomic E-state index is 0.176. The number of carbonyl (C=O) groups excluding carboxylic acids is 1. The van der Waals surface area contributed by atoms with Crippen LogP contribution in [0.2, 0.25) is 0 Å². The molecule has 0 aromatic rings. The van der Waals surface area contributed by atoms with Gasteiger partial charge in [-0.2, -0.15) is 0 Å². The molecule has 0 radical (unpaired) electrons. The molecule has 1 amide bonds. The van der Waals surface area contributed by atoms with Crippen LogP contribution in [0.25, 0.3) is 0 Å². The molecule has 1 N–H and O–H groups in total. The van der Waals surface area contributed by atoms with E-state index in [1.807, 2.05) is 14.0 Å². The molecule has 0 aromatic carbocycles. The number of carbonyl (C=O) groups is 1. The van der Waals surface area contributed by atoms with Crippen molar-refractivity contribution >= 4 is 5.91 Å². The van der Waals surface area contributed by atoms with Crippen LogP contribution in [0, 0.1) is 5.92 Å². The Morgan fingerprint density at radius 1 is 1.27 bits per heavy atom. The van der Waals surface area contributed by atoms with Crippen LogP contribution >= 0.6 is 0 Å². The third kappa shape index (κ3) is 5.17. The standard InChI is InChI=1S/C12H26N2O/c1-6-11(7-2)10(4)13-9-12(15)14(5)8-3/h10-11,13H,6-9H2,1-5H3. The van der Waals surface area contributed by atoms with Crippen molar-refractivity contribution in [3.8, 4) is 0 Å². The van der Waals surface area contributed by atoms with Crippen molar-refractivity contribution in [2.45, 2.75) is 46.6 Å². The molecule has 1 unspecified atom stereocenters. The highest BCUT2D eigenvalue weighted by molar-refractivity contribution is 5.77. The van der Waals surface area contributed by atoms with Crippen LogP contribution in [-0.2, 0) is 4.79 Å². The van der Waals surface area contributed by atoms with Crippen molar-refractivity contribution in [2.75, 3.05) is 20.1 Å². The quantitative estimate of drug-likeness (QED) is 0.702. The van der Waals surface area contributed by atoms with Crippen LogP contribution in [0.5, 0.6) is 0 Å². The Labute approximate surface area is 94.2 Å². The Balaban J connectivity index is 3.88. The number of nitrogens with zero attached hydrogens (tertiary/aromatic N) is 1. The molecule has 3 nitrogen and oxygen atoms in total. The Kier molecular flexibility index (Phi) is 7.39. The topological polar surface area (TPSA) is 32.3 Å². The Morgan fingerprint density at radius 3 is 2.20 bits per heavy atom. The molecule has 0 saturated heterocycles. The molecule has 1 atom stereocenters. The van der Waals surface area contributed by atoms with Gasteiger partial charge in [0.1, 0.15) is 0 Å². The maximum Gasteiger partial charge on any atom is 0.236 e. The zero-order valence-electron chi connectivity index (χ0n) is 10.8. The molecule has 0 fully saturated rings. The van der Waals surface area contributed by atoms with Crippen molar-refractivity contribution in [2.24, 2.45) is 5.92 Å². The number of hydrogen-bond acceptors (Lipinski definition) is 2. The number of rotatable bonds is 7. The molecule has 0 aliphatic carbocycles. The normalized spacial score (nSPS) is 12.9. The number of likely N-dealkylation sites (N-methyl/N-ethyl adjacent to an activating group) is 1. The lowest BCUT2D eigenvalue weighted by Crippen LogP contribution is -2.41. The van der Waals surface area contributed by atoms with Gasteiger partial charge in [-0.25, -0.2) is 0 Å². The Morgan fingerprint density at radius 2 is 1.80 bits per heavy atom. The fraction of sp³-hybridized carbons (Fsp3) is 0.917. The first-order valence-corrected chi connectivity index (χ1v) is 6.04. The largest absolute Gasteiger partial charge is 0.345 e. The lowest BCUT2D eigenvalue weighted by molar-refractivity contribution is -0.128. The second-order valence-corrected chi connectivity index (χ2v) is 4.15. The SMILES string of the molecule is CCC(CC)C(C)NCC(=O)N(C)CC.